The molecule has 21 heavy (non-hydrogen) atoms. The Balaban J connectivity index is 1.90. The Morgan fingerprint density at radius 3 is 2.67 bits per heavy atom. The van der Waals surface area contributed by atoms with Crippen molar-refractivity contribution in [3.63, 3.8) is 0 Å². The molecule has 0 bridgehead atoms. The topological polar surface area (TPSA) is 69.4 Å². The average Bonchev–Trinajstić information content (AvgIpc) is 2.69. The lowest BCUT2D eigenvalue weighted by molar-refractivity contribution is 0.369. The molecule has 0 saturated carbocycles. The van der Waals surface area contributed by atoms with E-state index in [2.05, 4.69) is 0 Å². The lowest BCUT2D eigenvalue weighted by Crippen LogP contribution is -2.01. The van der Waals surface area contributed by atoms with Crippen LogP contribution in [-0.4, -0.2) is 15.0 Å². The average molecular weight is 301 g/mol. The number of sulfone groups is 1. The minimum Gasteiger partial charge on any atom is -0.489 e. The first kappa shape index (κ1) is 13.7. The maximum Gasteiger partial charge on any atom is 0.202 e. The van der Waals surface area contributed by atoms with E-state index in [0.29, 0.717) is 16.9 Å². The zero-order chi connectivity index (χ0) is 15.0. The molecule has 2 aromatic rings. The maximum atomic E-state index is 12.1. The lowest BCUT2D eigenvalue weighted by Gasteiger charge is -2.09. The Labute approximate surface area is 123 Å². The van der Waals surface area contributed by atoms with Crippen LogP contribution in [0.4, 0.5) is 5.69 Å². The Bertz CT molecular complexity index is 838. The molecule has 0 aromatic heterocycles. The van der Waals surface area contributed by atoms with Crippen molar-refractivity contribution in [2.24, 2.45) is 0 Å². The fourth-order valence-electron chi connectivity index (χ4n) is 2.41. The first-order valence-electron chi connectivity index (χ1n) is 6.51. The Morgan fingerprint density at radius 1 is 1.14 bits per heavy atom. The number of aryl methyl sites for hydroxylation is 1. The number of nitrogens with two attached hydrogens (primary N) is 1. The van der Waals surface area contributed by atoms with Gasteiger partial charge < -0.3 is 10.5 Å². The highest BCUT2D eigenvalue weighted by atomic mass is 32.2. The van der Waals surface area contributed by atoms with Crippen molar-refractivity contribution in [1.29, 1.82) is 0 Å². The predicted molar refractivity (Wildman–Crippen MR) is 82.7 cm³/mol. The summed E-state index contributed by atoms with van der Waals surface area (Å²) >= 11 is 0. The van der Waals surface area contributed by atoms with Crippen LogP contribution in [0.5, 0.6) is 5.75 Å². The van der Waals surface area contributed by atoms with Gasteiger partial charge >= 0.3 is 0 Å². The predicted octanol–water partition coefficient (Wildman–Crippen LogP) is 2.78. The first-order valence-corrected chi connectivity index (χ1v) is 8.06. The number of anilines is 1. The van der Waals surface area contributed by atoms with Crippen molar-refractivity contribution >= 4 is 21.1 Å². The van der Waals surface area contributed by atoms with Crippen LogP contribution in [0.3, 0.4) is 0 Å². The molecule has 3 rings (SSSR count). The second-order valence-corrected chi connectivity index (χ2v) is 6.75. The van der Waals surface area contributed by atoms with Crippen molar-refractivity contribution in [1.82, 2.24) is 0 Å². The van der Waals surface area contributed by atoms with E-state index in [0.717, 1.165) is 5.56 Å². The summed E-state index contributed by atoms with van der Waals surface area (Å²) in [5.74, 6) is 0.714. The normalized spacial score (nSPS) is 15.4. The summed E-state index contributed by atoms with van der Waals surface area (Å²) in [7, 11) is -3.47. The Kier molecular flexibility index (Phi) is 3.22. The van der Waals surface area contributed by atoms with Gasteiger partial charge in [0.05, 0.1) is 5.69 Å². The molecule has 0 amide bonds. The number of hydrogen-bond donors (Lipinski definition) is 1. The van der Waals surface area contributed by atoms with E-state index in [1.807, 2.05) is 31.2 Å². The molecule has 1 heterocycles. The third-order valence-electron chi connectivity index (χ3n) is 3.36. The zero-order valence-electron chi connectivity index (χ0n) is 11.5. The van der Waals surface area contributed by atoms with E-state index >= 15 is 0 Å². The van der Waals surface area contributed by atoms with Gasteiger partial charge in [0.2, 0.25) is 9.84 Å². The van der Waals surface area contributed by atoms with Crippen molar-refractivity contribution in [2.75, 3.05) is 12.3 Å². The molecule has 2 aromatic carbocycles. The van der Waals surface area contributed by atoms with Gasteiger partial charge in [-0.15, -0.1) is 0 Å². The van der Waals surface area contributed by atoms with Gasteiger partial charge in [-0.3, -0.25) is 0 Å². The smallest absolute Gasteiger partial charge is 0.202 e. The van der Waals surface area contributed by atoms with Gasteiger partial charge in [-0.1, -0.05) is 24.3 Å². The summed E-state index contributed by atoms with van der Waals surface area (Å²) in [5, 5.41) is 1.24. The summed E-state index contributed by atoms with van der Waals surface area (Å²) in [6.45, 7) is 2.17. The molecular weight excluding hydrogens is 286 g/mol. The maximum absolute atomic E-state index is 12.1. The Hall–Kier alpha value is -2.27. The monoisotopic (exact) mass is 301 g/mol. The van der Waals surface area contributed by atoms with Gasteiger partial charge in [0.1, 0.15) is 17.3 Å². The summed E-state index contributed by atoms with van der Waals surface area (Å²) < 4.78 is 30.0. The highest BCUT2D eigenvalue weighted by molar-refractivity contribution is 7.95. The van der Waals surface area contributed by atoms with Crippen LogP contribution in [0.15, 0.2) is 52.8 Å². The van der Waals surface area contributed by atoms with Gasteiger partial charge in [-0.05, 0) is 30.7 Å². The zero-order valence-corrected chi connectivity index (χ0v) is 12.4. The van der Waals surface area contributed by atoms with Crippen LogP contribution in [-0.2, 0) is 9.84 Å². The molecule has 0 unspecified atom stereocenters. The molecule has 0 fully saturated rings. The van der Waals surface area contributed by atoms with Gasteiger partial charge in [0, 0.05) is 16.5 Å². The molecule has 108 valence electrons. The van der Waals surface area contributed by atoms with Crippen molar-refractivity contribution in [3.8, 4) is 5.75 Å². The molecular formula is C16H15NO3S. The number of ether oxygens (including phenoxy) is 1. The first-order chi connectivity index (χ1) is 9.97. The fraction of sp³-hybridized carbons (Fsp3) is 0.125. The molecule has 4 nitrogen and oxygen atoms in total. The third kappa shape index (κ3) is 2.52. The summed E-state index contributed by atoms with van der Waals surface area (Å²) in [6.07, 6.45) is 0. The van der Waals surface area contributed by atoms with E-state index in [1.165, 1.54) is 5.41 Å². The van der Waals surface area contributed by atoms with E-state index < -0.39 is 9.84 Å². The van der Waals surface area contributed by atoms with Crippen LogP contribution < -0.4 is 10.5 Å². The second-order valence-electron chi connectivity index (χ2n) is 5.02. The van der Waals surface area contributed by atoms with Crippen LogP contribution in [0, 0.1) is 6.92 Å². The summed E-state index contributed by atoms with van der Waals surface area (Å²) in [5.41, 5.74) is 8.40. The molecule has 2 N–H and O–H groups in total. The van der Waals surface area contributed by atoms with E-state index in [9.17, 15) is 8.42 Å². The van der Waals surface area contributed by atoms with Gasteiger partial charge in [0.25, 0.3) is 0 Å². The highest BCUT2D eigenvalue weighted by Gasteiger charge is 2.29. The standard InChI is InChI=1S/C16H15NO3S/c1-11-4-2-5-13(8-11)20-9-12-10-21(18,19)16-14(12)6-3-7-15(16)17/h2-8,10H,9,17H2,1H3. The molecule has 0 radical (unpaired) electrons. The van der Waals surface area contributed by atoms with Crippen LogP contribution >= 0.6 is 0 Å². The molecule has 0 atom stereocenters. The fourth-order valence-corrected chi connectivity index (χ4v) is 4.00. The SMILES string of the molecule is Cc1cccc(OCC2=CS(=O)(=O)c3c(N)cccc32)c1. The Morgan fingerprint density at radius 2 is 1.90 bits per heavy atom. The number of nitrogen functional groups attached to an aromatic ring is 1. The van der Waals surface area contributed by atoms with Crippen molar-refractivity contribution in [3.05, 3.63) is 59.0 Å². The summed E-state index contributed by atoms with van der Waals surface area (Å²) in [4.78, 5) is 0.188. The minimum atomic E-state index is -3.47. The molecule has 0 aliphatic carbocycles. The van der Waals surface area contributed by atoms with E-state index in [4.69, 9.17) is 10.5 Å². The molecule has 1 aliphatic heterocycles. The van der Waals surface area contributed by atoms with Crippen LogP contribution in [0.25, 0.3) is 5.57 Å². The van der Waals surface area contributed by atoms with Gasteiger partial charge in [-0.25, -0.2) is 8.42 Å². The van der Waals surface area contributed by atoms with E-state index in [-0.39, 0.29) is 17.2 Å². The largest absolute Gasteiger partial charge is 0.489 e. The summed E-state index contributed by atoms with van der Waals surface area (Å²) in [6, 6.07) is 12.7. The van der Waals surface area contributed by atoms with Gasteiger partial charge in [0.15, 0.2) is 0 Å². The highest BCUT2D eigenvalue weighted by Crippen LogP contribution is 2.37. The number of rotatable bonds is 3. The van der Waals surface area contributed by atoms with Crippen molar-refractivity contribution in [2.45, 2.75) is 11.8 Å². The number of benzene rings is 2. The van der Waals surface area contributed by atoms with Crippen LogP contribution in [0.1, 0.15) is 11.1 Å². The quantitative estimate of drug-likeness (QED) is 0.885. The number of fused-ring (bicyclic) bond motifs is 1. The molecule has 0 spiro atoms. The molecule has 1 aliphatic rings. The lowest BCUT2D eigenvalue weighted by atomic mass is 10.1. The molecule has 5 heteroatoms. The number of hydrogen-bond acceptors (Lipinski definition) is 4. The second kappa shape index (κ2) is 4.93. The minimum absolute atomic E-state index is 0.188. The van der Waals surface area contributed by atoms with Crippen LogP contribution in [0.2, 0.25) is 0 Å². The van der Waals surface area contributed by atoms with Crippen molar-refractivity contribution < 1.29 is 13.2 Å². The van der Waals surface area contributed by atoms with Gasteiger partial charge in [-0.2, -0.15) is 0 Å². The molecule has 0 saturated heterocycles. The third-order valence-corrected chi connectivity index (χ3v) is 4.98. The van der Waals surface area contributed by atoms with E-state index in [1.54, 1.807) is 18.2 Å².